The van der Waals surface area contributed by atoms with Crippen molar-refractivity contribution in [3.63, 3.8) is 0 Å². The van der Waals surface area contributed by atoms with Gasteiger partial charge in [0.1, 0.15) is 11.6 Å². The first kappa shape index (κ1) is 15.3. The number of nitrogens with zero attached hydrogens (tertiary/aromatic N) is 6. The van der Waals surface area contributed by atoms with E-state index >= 15 is 0 Å². The van der Waals surface area contributed by atoms with E-state index in [2.05, 4.69) is 30.1 Å². The molecule has 0 amide bonds. The molecule has 0 radical (unpaired) electrons. The van der Waals surface area contributed by atoms with Crippen molar-refractivity contribution in [2.24, 2.45) is 0 Å². The fourth-order valence-electron chi connectivity index (χ4n) is 2.13. The quantitative estimate of drug-likeness (QED) is 0.593. The van der Waals surface area contributed by atoms with Gasteiger partial charge in [-0.3, -0.25) is 0 Å². The van der Waals surface area contributed by atoms with Gasteiger partial charge in [-0.05, 0) is 17.7 Å². The third-order valence-electron chi connectivity index (χ3n) is 3.22. The van der Waals surface area contributed by atoms with E-state index in [1.54, 1.807) is 23.7 Å². The Kier molecular flexibility index (Phi) is 3.86. The van der Waals surface area contributed by atoms with Gasteiger partial charge in [-0.15, -0.1) is 11.3 Å². The van der Waals surface area contributed by atoms with Gasteiger partial charge in [0, 0.05) is 18.0 Å². The number of aromatic nitrogens is 6. The molecule has 0 spiro atoms. The van der Waals surface area contributed by atoms with E-state index in [4.69, 9.17) is 10.3 Å². The molecule has 0 aliphatic rings. The molecule has 0 aliphatic heterocycles. The second kappa shape index (κ2) is 6.32. The van der Waals surface area contributed by atoms with Crippen LogP contribution < -0.4 is 5.73 Å². The molecule has 3 heterocycles. The van der Waals surface area contributed by atoms with Crippen LogP contribution in [0, 0.1) is 5.82 Å². The van der Waals surface area contributed by atoms with Gasteiger partial charge in [0.2, 0.25) is 17.6 Å². The minimum atomic E-state index is -0.305. The van der Waals surface area contributed by atoms with Crippen molar-refractivity contribution in [1.29, 1.82) is 0 Å². The summed E-state index contributed by atoms with van der Waals surface area (Å²) in [5, 5.41) is 6.28. The standard InChI is InChI=1S/C15H10FN7OS/c16-9-3-1-8(2-4-9)7-10-19-11(22-15(17)20-10)12-21-13(24-23-12)14-18-5-6-25-14/h1-6H,7H2,(H2,17,19,20,22). The summed E-state index contributed by atoms with van der Waals surface area (Å²) >= 11 is 1.38. The number of anilines is 1. The summed E-state index contributed by atoms with van der Waals surface area (Å²) in [7, 11) is 0. The largest absolute Gasteiger partial charge is 0.368 e. The van der Waals surface area contributed by atoms with Crippen molar-refractivity contribution in [2.75, 3.05) is 5.73 Å². The second-order valence-electron chi connectivity index (χ2n) is 5.00. The Morgan fingerprint density at radius 1 is 1.04 bits per heavy atom. The number of thiazole rings is 1. The summed E-state index contributed by atoms with van der Waals surface area (Å²) in [5.41, 5.74) is 6.60. The number of hydrogen-bond donors (Lipinski definition) is 1. The highest BCUT2D eigenvalue weighted by atomic mass is 32.1. The first-order valence-electron chi connectivity index (χ1n) is 7.16. The Hall–Kier alpha value is -3.27. The molecule has 0 saturated carbocycles. The van der Waals surface area contributed by atoms with Gasteiger partial charge in [-0.1, -0.05) is 17.3 Å². The molecular formula is C15H10FN7OS. The topological polar surface area (TPSA) is 116 Å². The van der Waals surface area contributed by atoms with E-state index in [1.165, 1.54) is 23.5 Å². The van der Waals surface area contributed by atoms with Crippen molar-refractivity contribution in [3.05, 3.63) is 53.0 Å². The Balaban J connectivity index is 1.64. The summed E-state index contributed by atoms with van der Waals surface area (Å²) in [6.45, 7) is 0. The molecule has 1 aromatic carbocycles. The van der Waals surface area contributed by atoms with E-state index in [0.29, 0.717) is 17.3 Å². The fraction of sp³-hybridized carbons (Fsp3) is 0.0667. The van der Waals surface area contributed by atoms with Crippen molar-refractivity contribution in [3.8, 4) is 22.5 Å². The highest BCUT2D eigenvalue weighted by molar-refractivity contribution is 7.12. The van der Waals surface area contributed by atoms with Crippen molar-refractivity contribution in [2.45, 2.75) is 6.42 Å². The van der Waals surface area contributed by atoms with E-state index in [0.717, 1.165) is 5.56 Å². The molecule has 0 bridgehead atoms. The SMILES string of the molecule is Nc1nc(Cc2ccc(F)cc2)nc(-c2noc(-c3nccs3)n2)n1. The summed E-state index contributed by atoms with van der Waals surface area (Å²) in [6, 6.07) is 6.06. The average molecular weight is 355 g/mol. The molecule has 0 saturated heterocycles. The number of nitrogens with two attached hydrogens (primary N) is 1. The van der Waals surface area contributed by atoms with E-state index in [9.17, 15) is 4.39 Å². The fourth-order valence-corrected chi connectivity index (χ4v) is 2.69. The zero-order valence-corrected chi connectivity index (χ0v) is 13.4. The lowest BCUT2D eigenvalue weighted by Gasteiger charge is -2.03. The van der Waals surface area contributed by atoms with Gasteiger partial charge in [-0.25, -0.2) is 14.4 Å². The van der Waals surface area contributed by atoms with Crippen molar-refractivity contribution >= 4 is 17.3 Å². The lowest BCUT2D eigenvalue weighted by molar-refractivity contribution is 0.431. The summed E-state index contributed by atoms with van der Waals surface area (Å²) < 4.78 is 18.2. The summed E-state index contributed by atoms with van der Waals surface area (Å²) in [6.07, 6.45) is 2.02. The van der Waals surface area contributed by atoms with Gasteiger partial charge in [0.25, 0.3) is 5.89 Å². The number of hydrogen-bond acceptors (Lipinski definition) is 9. The second-order valence-corrected chi connectivity index (χ2v) is 5.89. The van der Waals surface area contributed by atoms with Gasteiger partial charge in [-0.2, -0.15) is 15.0 Å². The maximum atomic E-state index is 13.0. The molecule has 25 heavy (non-hydrogen) atoms. The minimum Gasteiger partial charge on any atom is -0.368 e. The van der Waals surface area contributed by atoms with Crippen LogP contribution in [0.3, 0.4) is 0 Å². The van der Waals surface area contributed by atoms with Crippen LogP contribution >= 0.6 is 11.3 Å². The monoisotopic (exact) mass is 355 g/mol. The van der Waals surface area contributed by atoms with Crippen LogP contribution in [0.15, 0.2) is 40.4 Å². The normalized spacial score (nSPS) is 10.9. The number of nitrogen functional groups attached to an aromatic ring is 1. The highest BCUT2D eigenvalue weighted by Crippen LogP contribution is 2.22. The van der Waals surface area contributed by atoms with Crippen LogP contribution in [0.5, 0.6) is 0 Å². The molecule has 0 fully saturated rings. The Morgan fingerprint density at radius 3 is 2.64 bits per heavy atom. The first-order valence-corrected chi connectivity index (χ1v) is 8.04. The molecule has 124 valence electrons. The predicted octanol–water partition coefficient (Wildman–Crippen LogP) is 2.36. The molecule has 0 unspecified atom stereocenters. The van der Waals surface area contributed by atoms with Crippen LogP contribution in [-0.2, 0) is 6.42 Å². The van der Waals surface area contributed by atoms with Crippen LogP contribution in [0.25, 0.3) is 22.5 Å². The molecule has 4 aromatic rings. The zero-order chi connectivity index (χ0) is 17.2. The van der Waals surface area contributed by atoms with Crippen LogP contribution in [0.4, 0.5) is 10.3 Å². The Labute approximate surface area is 144 Å². The number of rotatable bonds is 4. The molecule has 8 nitrogen and oxygen atoms in total. The Bertz CT molecular complexity index is 1000. The first-order chi connectivity index (χ1) is 12.2. The number of benzene rings is 1. The maximum absolute atomic E-state index is 13.0. The van der Waals surface area contributed by atoms with Crippen LogP contribution in [0.1, 0.15) is 11.4 Å². The summed E-state index contributed by atoms with van der Waals surface area (Å²) in [5.74, 6) is 0.846. The molecule has 0 aliphatic carbocycles. The van der Waals surface area contributed by atoms with Crippen molar-refractivity contribution in [1.82, 2.24) is 30.1 Å². The highest BCUT2D eigenvalue weighted by Gasteiger charge is 2.16. The van der Waals surface area contributed by atoms with Gasteiger partial charge in [0.05, 0.1) is 0 Å². The third kappa shape index (κ3) is 3.33. The molecule has 10 heteroatoms. The molecular weight excluding hydrogens is 345 g/mol. The maximum Gasteiger partial charge on any atom is 0.287 e. The van der Waals surface area contributed by atoms with Crippen molar-refractivity contribution < 1.29 is 8.91 Å². The smallest absolute Gasteiger partial charge is 0.287 e. The average Bonchev–Trinajstić information content (AvgIpc) is 3.27. The molecule has 0 atom stereocenters. The van der Waals surface area contributed by atoms with Crippen LogP contribution in [-0.4, -0.2) is 30.1 Å². The van der Waals surface area contributed by atoms with Gasteiger partial charge in [0.15, 0.2) is 5.01 Å². The molecule has 4 rings (SSSR count). The van der Waals surface area contributed by atoms with Gasteiger partial charge < -0.3 is 10.3 Å². The number of halogens is 1. The van der Waals surface area contributed by atoms with E-state index in [-0.39, 0.29) is 29.3 Å². The Morgan fingerprint density at radius 2 is 1.88 bits per heavy atom. The van der Waals surface area contributed by atoms with Gasteiger partial charge >= 0.3 is 0 Å². The minimum absolute atomic E-state index is 0.0442. The van der Waals surface area contributed by atoms with E-state index < -0.39 is 0 Å². The molecule has 3 aromatic heterocycles. The zero-order valence-electron chi connectivity index (χ0n) is 12.6. The predicted molar refractivity (Wildman–Crippen MR) is 87.8 cm³/mol. The lowest BCUT2D eigenvalue weighted by Crippen LogP contribution is -2.06. The summed E-state index contributed by atoms with van der Waals surface area (Å²) in [4.78, 5) is 20.8. The van der Waals surface area contributed by atoms with Crippen LogP contribution in [0.2, 0.25) is 0 Å². The van der Waals surface area contributed by atoms with E-state index in [1.807, 2.05) is 0 Å². The molecule has 2 N–H and O–H groups in total. The third-order valence-corrected chi connectivity index (χ3v) is 3.98. The lowest BCUT2D eigenvalue weighted by atomic mass is 10.1.